The van der Waals surface area contributed by atoms with E-state index in [0.717, 1.165) is 11.1 Å². The third kappa shape index (κ3) is 4.11. The maximum atomic E-state index is 14.6. The van der Waals surface area contributed by atoms with Gasteiger partial charge in [0.15, 0.2) is 0 Å². The van der Waals surface area contributed by atoms with Gasteiger partial charge >= 0.3 is 0 Å². The first kappa shape index (κ1) is 20.2. The van der Waals surface area contributed by atoms with Crippen LogP contribution >= 0.6 is 0 Å². The van der Waals surface area contributed by atoms with E-state index in [2.05, 4.69) is 11.8 Å². The van der Waals surface area contributed by atoms with Crippen LogP contribution in [0.25, 0.3) is 0 Å². The van der Waals surface area contributed by atoms with Crippen LogP contribution in [0.1, 0.15) is 52.6 Å². The average Bonchev–Trinajstić information content (AvgIpc) is 2.72. The highest BCUT2D eigenvalue weighted by Crippen LogP contribution is 2.36. The van der Waals surface area contributed by atoms with Gasteiger partial charge in [-0.3, -0.25) is 0 Å². The molecule has 1 aliphatic rings. The van der Waals surface area contributed by atoms with E-state index in [1.54, 1.807) is 6.07 Å². The second-order valence-corrected chi connectivity index (χ2v) is 7.62. The molecule has 1 atom stereocenters. The maximum absolute atomic E-state index is 14.6. The molecule has 0 aliphatic heterocycles. The fourth-order valence-electron chi connectivity index (χ4n) is 4.03. The van der Waals surface area contributed by atoms with Crippen molar-refractivity contribution in [3.63, 3.8) is 0 Å². The predicted octanol–water partition coefficient (Wildman–Crippen LogP) is 6.48. The summed E-state index contributed by atoms with van der Waals surface area (Å²) in [7, 11) is 0. The summed E-state index contributed by atoms with van der Waals surface area (Å²) < 4.78 is 56.7. The standard InChI is InChI=1S/C26H20F4/c1-2-16-11-24(29)26(25(30)12-16)20-8-7-18-13-19(23(28)15-21(18)14-20)6-3-17-4-9-22(27)10-5-17/h4-5,9-13,15,20H,2,7-8,14H2,1H3. The van der Waals surface area contributed by atoms with Gasteiger partial charge in [-0.15, -0.1) is 0 Å². The Kier molecular flexibility index (Phi) is 5.63. The lowest BCUT2D eigenvalue weighted by molar-refractivity contribution is 0.488. The second kappa shape index (κ2) is 8.36. The lowest BCUT2D eigenvalue weighted by Gasteiger charge is -2.26. The Morgan fingerprint density at radius 2 is 1.53 bits per heavy atom. The highest BCUT2D eigenvalue weighted by molar-refractivity contribution is 5.48. The van der Waals surface area contributed by atoms with Gasteiger partial charge in [0.1, 0.15) is 23.3 Å². The Hall–Kier alpha value is -3.06. The first-order valence-corrected chi connectivity index (χ1v) is 10.0. The molecule has 0 N–H and O–H groups in total. The summed E-state index contributed by atoms with van der Waals surface area (Å²) in [6, 6.07) is 11.6. The van der Waals surface area contributed by atoms with Gasteiger partial charge in [-0.1, -0.05) is 18.8 Å². The van der Waals surface area contributed by atoms with Gasteiger partial charge in [-0.05, 0) is 96.8 Å². The molecular weight excluding hydrogens is 388 g/mol. The smallest absolute Gasteiger partial charge is 0.139 e. The molecule has 30 heavy (non-hydrogen) atoms. The molecule has 0 amide bonds. The van der Waals surface area contributed by atoms with Crippen LogP contribution in [0, 0.1) is 35.1 Å². The minimum Gasteiger partial charge on any atom is -0.207 e. The van der Waals surface area contributed by atoms with E-state index in [4.69, 9.17) is 0 Å². The first-order valence-electron chi connectivity index (χ1n) is 10.0. The van der Waals surface area contributed by atoms with E-state index < -0.39 is 17.5 Å². The number of fused-ring (bicyclic) bond motifs is 1. The maximum Gasteiger partial charge on any atom is 0.139 e. The van der Waals surface area contributed by atoms with Crippen molar-refractivity contribution in [1.29, 1.82) is 0 Å². The summed E-state index contributed by atoms with van der Waals surface area (Å²) in [4.78, 5) is 0. The van der Waals surface area contributed by atoms with Crippen molar-refractivity contribution in [2.45, 2.75) is 38.5 Å². The van der Waals surface area contributed by atoms with Crippen LogP contribution in [-0.2, 0) is 19.3 Å². The van der Waals surface area contributed by atoms with Crippen LogP contribution in [0.5, 0.6) is 0 Å². The summed E-state index contributed by atoms with van der Waals surface area (Å²) in [5.41, 5.74) is 3.28. The van der Waals surface area contributed by atoms with Crippen molar-refractivity contribution < 1.29 is 17.6 Å². The lowest BCUT2D eigenvalue weighted by Crippen LogP contribution is -2.16. The Morgan fingerprint density at radius 1 is 0.833 bits per heavy atom. The third-order valence-electron chi connectivity index (χ3n) is 5.66. The average molecular weight is 408 g/mol. The lowest BCUT2D eigenvalue weighted by atomic mass is 9.79. The molecule has 152 valence electrons. The van der Waals surface area contributed by atoms with E-state index in [1.165, 1.54) is 42.5 Å². The molecule has 3 aromatic carbocycles. The van der Waals surface area contributed by atoms with Crippen molar-refractivity contribution in [3.05, 3.63) is 105 Å². The normalized spacial score (nSPS) is 15.3. The number of hydrogen-bond acceptors (Lipinski definition) is 0. The number of benzene rings is 3. The predicted molar refractivity (Wildman–Crippen MR) is 109 cm³/mol. The van der Waals surface area contributed by atoms with Gasteiger partial charge in [0, 0.05) is 11.1 Å². The molecule has 4 heteroatoms. The molecule has 0 nitrogen and oxygen atoms in total. The molecule has 1 unspecified atom stereocenters. The van der Waals surface area contributed by atoms with Crippen LogP contribution in [0.3, 0.4) is 0 Å². The first-order chi connectivity index (χ1) is 14.4. The van der Waals surface area contributed by atoms with Crippen LogP contribution < -0.4 is 0 Å². The van der Waals surface area contributed by atoms with Crippen molar-refractivity contribution in [2.24, 2.45) is 0 Å². The Labute approximate surface area is 173 Å². The van der Waals surface area contributed by atoms with E-state index in [-0.39, 0.29) is 22.9 Å². The molecule has 0 spiro atoms. The molecule has 3 aromatic rings. The highest BCUT2D eigenvalue weighted by Gasteiger charge is 2.26. The van der Waals surface area contributed by atoms with Crippen LogP contribution in [0.15, 0.2) is 48.5 Å². The summed E-state index contributed by atoms with van der Waals surface area (Å²) in [5, 5.41) is 0. The molecule has 0 aromatic heterocycles. The van der Waals surface area contributed by atoms with Crippen molar-refractivity contribution >= 4 is 0 Å². The van der Waals surface area contributed by atoms with E-state index in [9.17, 15) is 17.6 Å². The molecule has 0 saturated carbocycles. The molecule has 0 radical (unpaired) electrons. The zero-order valence-corrected chi connectivity index (χ0v) is 16.5. The number of hydrogen-bond donors (Lipinski definition) is 0. The van der Waals surface area contributed by atoms with Crippen molar-refractivity contribution in [2.75, 3.05) is 0 Å². The monoisotopic (exact) mass is 408 g/mol. The summed E-state index contributed by atoms with van der Waals surface area (Å²) in [6.45, 7) is 1.85. The van der Waals surface area contributed by atoms with E-state index in [1.807, 2.05) is 6.92 Å². The minimum absolute atomic E-state index is 0.0958. The van der Waals surface area contributed by atoms with Crippen LogP contribution in [-0.4, -0.2) is 0 Å². The summed E-state index contributed by atoms with van der Waals surface area (Å²) in [6.07, 6.45) is 2.13. The van der Waals surface area contributed by atoms with Gasteiger partial charge in [0.05, 0.1) is 5.56 Å². The molecule has 0 fully saturated rings. The zero-order valence-electron chi connectivity index (χ0n) is 16.5. The quantitative estimate of drug-likeness (QED) is 0.336. The third-order valence-corrected chi connectivity index (χ3v) is 5.66. The number of rotatable bonds is 2. The fraction of sp³-hybridized carbons (Fsp3) is 0.231. The molecular formula is C26H20F4. The molecule has 4 rings (SSSR count). The van der Waals surface area contributed by atoms with Gasteiger partial charge in [0.25, 0.3) is 0 Å². The topological polar surface area (TPSA) is 0 Å². The molecule has 0 heterocycles. The molecule has 0 bridgehead atoms. The van der Waals surface area contributed by atoms with Gasteiger partial charge in [-0.25, -0.2) is 17.6 Å². The summed E-state index contributed by atoms with van der Waals surface area (Å²) >= 11 is 0. The SMILES string of the molecule is CCc1cc(F)c(C2CCc3cc(C#Cc4ccc(F)cc4)c(F)cc3C2)c(F)c1. The van der Waals surface area contributed by atoms with E-state index >= 15 is 0 Å². The van der Waals surface area contributed by atoms with Crippen LogP contribution in [0.2, 0.25) is 0 Å². The number of halogens is 4. The Bertz CT molecular complexity index is 1130. The fourth-order valence-corrected chi connectivity index (χ4v) is 4.03. The van der Waals surface area contributed by atoms with Gasteiger partial charge < -0.3 is 0 Å². The number of aryl methyl sites for hydroxylation is 2. The zero-order chi connectivity index (χ0) is 21.3. The van der Waals surface area contributed by atoms with Crippen molar-refractivity contribution in [3.8, 4) is 11.8 Å². The molecule has 1 aliphatic carbocycles. The van der Waals surface area contributed by atoms with Gasteiger partial charge in [0.2, 0.25) is 0 Å². The highest BCUT2D eigenvalue weighted by atomic mass is 19.1. The Morgan fingerprint density at radius 3 is 2.20 bits per heavy atom. The minimum atomic E-state index is -0.525. The second-order valence-electron chi connectivity index (χ2n) is 7.62. The molecule has 0 saturated heterocycles. The van der Waals surface area contributed by atoms with E-state index in [0.29, 0.717) is 36.8 Å². The van der Waals surface area contributed by atoms with Crippen molar-refractivity contribution in [1.82, 2.24) is 0 Å². The largest absolute Gasteiger partial charge is 0.207 e. The van der Waals surface area contributed by atoms with Gasteiger partial charge in [-0.2, -0.15) is 0 Å². The van der Waals surface area contributed by atoms with Crippen LogP contribution in [0.4, 0.5) is 17.6 Å². The Balaban J connectivity index is 1.60. The summed E-state index contributed by atoms with van der Waals surface area (Å²) in [5.74, 6) is 3.45.